The van der Waals surface area contributed by atoms with Crippen LogP contribution in [0.5, 0.6) is 5.88 Å². The summed E-state index contributed by atoms with van der Waals surface area (Å²) < 4.78 is 5.13. The van der Waals surface area contributed by atoms with Crippen LogP contribution in [0, 0.1) is 0 Å². The quantitative estimate of drug-likeness (QED) is 0.738. The molecule has 0 saturated heterocycles. The van der Waals surface area contributed by atoms with E-state index >= 15 is 0 Å². The van der Waals surface area contributed by atoms with Crippen molar-refractivity contribution in [1.29, 1.82) is 0 Å². The van der Waals surface area contributed by atoms with Gasteiger partial charge in [-0.1, -0.05) is 6.92 Å². The third-order valence-corrected chi connectivity index (χ3v) is 1.87. The first-order valence-electron chi connectivity index (χ1n) is 4.13. The van der Waals surface area contributed by atoms with Gasteiger partial charge in [0.15, 0.2) is 11.6 Å². The summed E-state index contributed by atoms with van der Waals surface area (Å²) in [6, 6.07) is 3.57. The van der Waals surface area contributed by atoms with Gasteiger partial charge in [-0.15, -0.1) is 0 Å². The van der Waals surface area contributed by atoms with Crippen LogP contribution in [0.4, 0.5) is 0 Å². The molecule has 0 atom stereocenters. The van der Waals surface area contributed by atoms with E-state index in [1.807, 2.05) is 6.92 Å². The fraction of sp³-hybridized carbons (Fsp3) is 0.222. The molecule has 2 aromatic heterocycles. The standard InChI is InChI=1S/C9H10N2O2/c1-2-6-9(12)11-8(10-6)7-4-3-5-13-7/h3-5,12H,2H2,1H3,(H,10,11). The van der Waals surface area contributed by atoms with E-state index < -0.39 is 0 Å². The number of aromatic amines is 1. The van der Waals surface area contributed by atoms with E-state index in [1.54, 1.807) is 18.4 Å². The van der Waals surface area contributed by atoms with E-state index in [-0.39, 0.29) is 5.88 Å². The van der Waals surface area contributed by atoms with Crippen molar-refractivity contribution >= 4 is 0 Å². The minimum Gasteiger partial charge on any atom is -0.492 e. The third-order valence-electron chi connectivity index (χ3n) is 1.87. The van der Waals surface area contributed by atoms with E-state index in [1.165, 1.54) is 0 Å². The lowest BCUT2D eigenvalue weighted by Gasteiger charge is -1.88. The van der Waals surface area contributed by atoms with Crippen molar-refractivity contribution in [3.8, 4) is 17.5 Å². The Kier molecular flexibility index (Phi) is 1.81. The lowest BCUT2D eigenvalue weighted by atomic mass is 10.4. The lowest BCUT2D eigenvalue weighted by Crippen LogP contribution is -1.79. The molecule has 0 spiro atoms. The molecular formula is C9H10N2O2. The highest BCUT2D eigenvalue weighted by atomic mass is 16.3. The van der Waals surface area contributed by atoms with Crippen molar-refractivity contribution in [3.05, 3.63) is 24.1 Å². The molecular weight excluding hydrogens is 168 g/mol. The molecule has 0 aromatic carbocycles. The van der Waals surface area contributed by atoms with Crippen LogP contribution in [0.25, 0.3) is 11.6 Å². The third kappa shape index (κ3) is 1.30. The van der Waals surface area contributed by atoms with Crippen molar-refractivity contribution in [2.24, 2.45) is 0 Å². The van der Waals surface area contributed by atoms with E-state index in [0.29, 0.717) is 11.6 Å². The van der Waals surface area contributed by atoms with Gasteiger partial charge in [0.1, 0.15) is 0 Å². The molecule has 2 heterocycles. The number of imidazole rings is 1. The average molecular weight is 178 g/mol. The van der Waals surface area contributed by atoms with Crippen LogP contribution in [0.2, 0.25) is 0 Å². The average Bonchev–Trinajstić information content (AvgIpc) is 2.71. The van der Waals surface area contributed by atoms with Crippen molar-refractivity contribution in [2.75, 3.05) is 0 Å². The number of aromatic nitrogens is 2. The summed E-state index contributed by atoms with van der Waals surface area (Å²) in [6.07, 6.45) is 2.29. The predicted octanol–water partition coefficient (Wildman–Crippen LogP) is 1.94. The molecule has 0 saturated carbocycles. The number of furan rings is 1. The van der Waals surface area contributed by atoms with Crippen molar-refractivity contribution in [2.45, 2.75) is 13.3 Å². The Labute approximate surface area is 75.2 Å². The molecule has 68 valence electrons. The maximum atomic E-state index is 9.35. The maximum Gasteiger partial charge on any atom is 0.232 e. The molecule has 0 radical (unpaired) electrons. The van der Waals surface area contributed by atoms with Crippen LogP contribution >= 0.6 is 0 Å². The topological polar surface area (TPSA) is 62.0 Å². The van der Waals surface area contributed by atoms with Crippen LogP contribution < -0.4 is 0 Å². The number of hydrogen-bond donors (Lipinski definition) is 2. The number of nitrogens with one attached hydrogen (secondary N) is 1. The van der Waals surface area contributed by atoms with Crippen LogP contribution in [0.3, 0.4) is 0 Å². The molecule has 2 aromatic rings. The number of aryl methyl sites for hydroxylation is 1. The number of rotatable bonds is 2. The van der Waals surface area contributed by atoms with Crippen molar-refractivity contribution in [1.82, 2.24) is 9.97 Å². The second-order valence-corrected chi connectivity index (χ2v) is 2.72. The van der Waals surface area contributed by atoms with E-state index in [0.717, 1.165) is 12.1 Å². The van der Waals surface area contributed by atoms with Gasteiger partial charge in [0, 0.05) is 0 Å². The van der Waals surface area contributed by atoms with Gasteiger partial charge in [0.25, 0.3) is 0 Å². The van der Waals surface area contributed by atoms with Crippen molar-refractivity contribution in [3.63, 3.8) is 0 Å². The predicted molar refractivity (Wildman–Crippen MR) is 47.3 cm³/mol. The van der Waals surface area contributed by atoms with Gasteiger partial charge < -0.3 is 14.5 Å². The zero-order chi connectivity index (χ0) is 9.26. The molecule has 0 amide bonds. The molecule has 0 bridgehead atoms. The minimum absolute atomic E-state index is 0.0499. The van der Waals surface area contributed by atoms with Crippen molar-refractivity contribution < 1.29 is 9.52 Å². The number of hydrogen-bond acceptors (Lipinski definition) is 3. The summed E-state index contributed by atoms with van der Waals surface area (Å²) in [7, 11) is 0. The van der Waals surface area contributed by atoms with E-state index in [2.05, 4.69) is 9.97 Å². The van der Waals surface area contributed by atoms with Gasteiger partial charge in [-0.05, 0) is 18.6 Å². The zero-order valence-corrected chi connectivity index (χ0v) is 7.24. The summed E-state index contributed by atoms with van der Waals surface area (Å²) in [5, 5.41) is 9.35. The van der Waals surface area contributed by atoms with Crippen LogP contribution in [0.15, 0.2) is 22.8 Å². The SMILES string of the molecule is CCc1[nH]c(-c2ccco2)nc1O. The molecule has 0 aliphatic rings. The van der Waals surface area contributed by atoms with Gasteiger partial charge in [-0.25, -0.2) is 0 Å². The Morgan fingerprint density at radius 2 is 2.46 bits per heavy atom. The Bertz CT molecular complexity index is 390. The first-order valence-corrected chi connectivity index (χ1v) is 4.13. The summed E-state index contributed by atoms with van der Waals surface area (Å²) >= 11 is 0. The highest BCUT2D eigenvalue weighted by Crippen LogP contribution is 2.22. The molecule has 0 aliphatic heterocycles. The van der Waals surface area contributed by atoms with Gasteiger partial charge >= 0.3 is 0 Å². The van der Waals surface area contributed by atoms with Gasteiger partial charge in [-0.2, -0.15) is 4.98 Å². The molecule has 2 N–H and O–H groups in total. The molecule has 4 heteroatoms. The number of H-pyrrole nitrogens is 1. The molecule has 13 heavy (non-hydrogen) atoms. The van der Waals surface area contributed by atoms with Gasteiger partial charge in [0.2, 0.25) is 5.88 Å². The highest BCUT2D eigenvalue weighted by molar-refractivity contribution is 5.48. The molecule has 0 aliphatic carbocycles. The minimum atomic E-state index is 0.0499. The largest absolute Gasteiger partial charge is 0.492 e. The van der Waals surface area contributed by atoms with Gasteiger partial charge in [-0.3, -0.25) is 0 Å². The molecule has 2 rings (SSSR count). The summed E-state index contributed by atoms with van der Waals surface area (Å²) in [5.41, 5.74) is 0.728. The highest BCUT2D eigenvalue weighted by Gasteiger charge is 2.10. The maximum absolute atomic E-state index is 9.35. The summed E-state index contributed by atoms with van der Waals surface area (Å²) in [6.45, 7) is 1.94. The Morgan fingerprint density at radius 1 is 1.62 bits per heavy atom. The molecule has 0 fully saturated rings. The Balaban J connectivity index is 2.43. The second kappa shape index (κ2) is 2.97. The summed E-state index contributed by atoms with van der Waals surface area (Å²) in [4.78, 5) is 6.91. The number of aromatic hydroxyl groups is 1. The fourth-order valence-corrected chi connectivity index (χ4v) is 1.18. The Hall–Kier alpha value is -1.71. The molecule has 0 unspecified atom stereocenters. The Morgan fingerprint density at radius 3 is 3.00 bits per heavy atom. The van der Waals surface area contributed by atoms with Crippen LogP contribution in [-0.4, -0.2) is 15.1 Å². The molecule has 4 nitrogen and oxygen atoms in total. The normalized spacial score (nSPS) is 10.5. The lowest BCUT2D eigenvalue weighted by molar-refractivity contribution is 0.450. The second-order valence-electron chi connectivity index (χ2n) is 2.72. The number of nitrogens with zero attached hydrogens (tertiary/aromatic N) is 1. The zero-order valence-electron chi connectivity index (χ0n) is 7.24. The smallest absolute Gasteiger partial charge is 0.232 e. The summed E-state index contributed by atoms with van der Waals surface area (Å²) in [5.74, 6) is 1.25. The van der Waals surface area contributed by atoms with Gasteiger partial charge in [0.05, 0.1) is 12.0 Å². The monoisotopic (exact) mass is 178 g/mol. The van der Waals surface area contributed by atoms with Crippen LogP contribution in [-0.2, 0) is 6.42 Å². The van der Waals surface area contributed by atoms with E-state index in [9.17, 15) is 5.11 Å². The van der Waals surface area contributed by atoms with E-state index in [4.69, 9.17) is 4.42 Å². The fourth-order valence-electron chi connectivity index (χ4n) is 1.18. The van der Waals surface area contributed by atoms with Crippen LogP contribution in [0.1, 0.15) is 12.6 Å². The first kappa shape index (κ1) is 7.91. The first-order chi connectivity index (χ1) is 6.31.